The van der Waals surface area contributed by atoms with Gasteiger partial charge in [-0.3, -0.25) is 10.1 Å². The Bertz CT molecular complexity index is 384. The first-order valence-electron chi connectivity index (χ1n) is 3.41. The standard InChI is InChI=1S/C8H5FN2O2/c1-10-5-6-4-7(11(12)13)2-3-8(6)9/h2-4H,5H2. The van der Waals surface area contributed by atoms with Crippen LogP contribution in [0.1, 0.15) is 5.56 Å². The number of hydrogen-bond donors (Lipinski definition) is 0. The maximum atomic E-state index is 12.9. The molecule has 0 aliphatic rings. The molecular weight excluding hydrogens is 175 g/mol. The van der Waals surface area contributed by atoms with E-state index in [1.807, 2.05) is 0 Å². The molecule has 66 valence electrons. The zero-order valence-electron chi connectivity index (χ0n) is 6.53. The third-order valence-electron chi connectivity index (χ3n) is 1.49. The van der Waals surface area contributed by atoms with Crippen molar-refractivity contribution >= 4 is 5.69 Å². The Morgan fingerprint density at radius 2 is 2.31 bits per heavy atom. The highest BCUT2D eigenvalue weighted by atomic mass is 19.1. The summed E-state index contributed by atoms with van der Waals surface area (Å²) in [6.07, 6.45) is 0. The summed E-state index contributed by atoms with van der Waals surface area (Å²) in [6.45, 7) is 6.33. The third-order valence-corrected chi connectivity index (χ3v) is 1.49. The molecule has 0 atom stereocenters. The van der Waals surface area contributed by atoms with Gasteiger partial charge in [0.1, 0.15) is 5.82 Å². The SMILES string of the molecule is [C-]#[N+]Cc1cc([N+](=O)[O-])ccc1F. The lowest BCUT2D eigenvalue weighted by atomic mass is 10.2. The Morgan fingerprint density at radius 1 is 1.62 bits per heavy atom. The quantitative estimate of drug-likeness (QED) is 0.397. The van der Waals surface area contributed by atoms with E-state index in [2.05, 4.69) is 4.85 Å². The van der Waals surface area contributed by atoms with E-state index < -0.39 is 10.7 Å². The summed E-state index contributed by atoms with van der Waals surface area (Å²) in [5.74, 6) is -0.582. The second-order valence-corrected chi connectivity index (χ2v) is 2.35. The fourth-order valence-electron chi connectivity index (χ4n) is 0.881. The maximum Gasteiger partial charge on any atom is 0.270 e. The van der Waals surface area contributed by atoms with Gasteiger partial charge >= 0.3 is 0 Å². The number of benzene rings is 1. The number of non-ortho nitro benzene ring substituents is 1. The van der Waals surface area contributed by atoms with Gasteiger partial charge in [0.25, 0.3) is 5.69 Å². The van der Waals surface area contributed by atoms with Crippen molar-refractivity contribution in [3.05, 3.63) is 51.1 Å². The van der Waals surface area contributed by atoms with Crippen molar-refractivity contribution in [2.45, 2.75) is 6.54 Å². The van der Waals surface area contributed by atoms with Crippen LogP contribution in [-0.2, 0) is 6.54 Å². The largest absolute Gasteiger partial charge is 0.312 e. The highest BCUT2D eigenvalue weighted by Gasteiger charge is 2.11. The molecule has 0 radical (unpaired) electrons. The molecule has 1 aromatic carbocycles. The van der Waals surface area contributed by atoms with Gasteiger partial charge in [-0.15, -0.1) is 0 Å². The highest BCUT2D eigenvalue weighted by Crippen LogP contribution is 2.17. The Balaban J connectivity index is 3.12. The van der Waals surface area contributed by atoms with Gasteiger partial charge in [0, 0.05) is 12.1 Å². The van der Waals surface area contributed by atoms with Crippen LogP contribution in [0.2, 0.25) is 0 Å². The molecule has 0 spiro atoms. The Labute approximate surface area is 73.6 Å². The van der Waals surface area contributed by atoms with Crippen molar-refractivity contribution in [2.24, 2.45) is 0 Å². The van der Waals surface area contributed by atoms with Crippen molar-refractivity contribution in [3.63, 3.8) is 0 Å². The second kappa shape index (κ2) is 3.63. The van der Waals surface area contributed by atoms with Crippen LogP contribution in [0, 0.1) is 22.5 Å². The molecule has 0 fully saturated rings. The molecule has 1 aromatic rings. The van der Waals surface area contributed by atoms with E-state index in [0.29, 0.717) is 0 Å². The minimum absolute atomic E-state index is 0.0594. The molecule has 5 heteroatoms. The molecule has 4 nitrogen and oxygen atoms in total. The van der Waals surface area contributed by atoms with Crippen molar-refractivity contribution < 1.29 is 9.31 Å². The molecule has 0 amide bonds. The van der Waals surface area contributed by atoms with Crippen molar-refractivity contribution in [1.82, 2.24) is 0 Å². The molecule has 1 rings (SSSR count). The number of rotatable bonds is 2. The van der Waals surface area contributed by atoms with Crippen LogP contribution in [0.15, 0.2) is 18.2 Å². The Kier molecular flexibility index (Phi) is 2.55. The number of nitro benzene ring substituents is 1. The van der Waals surface area contributed by atoms with Gasteiger partial charge in [-0.1, -0.05) is 0 Å². The first-order valence-corrected chi connectivity index (χ1v) is 3.41. The molecule has 0 aliphatic heterocycles. The van der Waals surface area contributed by atoms with Crippen LogP contribution in [0.3, 0.4) is 0 Å². The summed E-state index contributed by atoms with van der Waals surface area (Å²) in [6, 6.07) is 3.15. The first-order chi connectivity index (χ1) is 6.15. The number of halogens is 1. The highest BCUT2D eigenvalue weighted by molar-refractivity contribution is 5.35. The summed E-state index contributed by atoms with van der Waals surface area (Å²) in [5.41, 5.74) is -0.135. The van der Waals surface area contributed by atoms with E-state index >= 15 is 0 Å². The Morgan fingerprint density at radius 3 is 2.85 bits per heavy atom. The zero-order valence-corrected chi connectivity index (χ0v) is 6.53. The van der Waals surface area contributed by atoms with E-state index in [-0.39, 0.29) is 17.8 Å². The molecular formula is C8H5FN2O2. The van der Waals surface area contributed by atoms with Gasteiger partial charge in [0.05, 0.1) is 10.5 Å². The average Bonchev–Trinajstić information content (AvgIpc) is 2.08. The van der Waals surface area contributed by atoms with Gasteiger partial charge in [0.2, 0.25) is 6.54 Å². The van der Waals surface area contributed by atoms with Gasteiger partial charge in [0.15, 0.2) is 0 Å². The monoisotopic (exact) mass is 180 g/mol. The summed E-state index contributed by atoms with van der Waals surface area (Å²) in [5, 5.41) is 10.3. The number of hydrogen-bond acceptors (Lipinski definition) is 2. The molecule has 0 saturated carbocycles. The van der Waals surface area contributed by atoms with Crippen molar-refractivity contribution in [2.75, 3.05) is 0 Å². The lowest BCUT2D eigenvalue weighted by molar-refractivity contribution is -0.385. The minimum atomic E-state index is -0.618. The fourth-order valence-corrected chi connectivity index (χ4v) is 0.881. The van der Waals surface area contributed by atoms with Crippen LogP contribution >= 0.6 is 0 Å². The third kappa shape index (κ3) is 1.99. The molecule has 0 N–H and O–H groups in total. The van der Waals surface area contributed by atoms with E-state index in [9.17, 15) is 14.5 Å². The summed E-state index contributed by atoms with van der Waals surface area (Å²) in [7, 11) is 0. The van der Waals surface area contributed by atoms with Gasteiger partial charge in [-0.25, -0.2) is 11.0 Å². The van der Waals surface area contributed by atoms with E-state index in [0.717, 1.165) is 18.2 Å². The molecule has 0 aromatic heterocycles. The lowest BCUT2D eigenvalue weighted by Gasteiger charge is -1.95. The van der Waals surface area contributed by atoms with Gasteiger partial charge in [-0.05, 0) is 6.07 Å². The van der Waals surface area contributed by atoms with Gasteiger partial charge < -0.3 is 4.85 Å². The molecule has 0 saturated heterocycles. The predicted molar refractivity (Wildman–Crippen MR) is 43.4 cm³/mol. The molecule has 0 bridgehead atoms. The van der Waals surface area contributed by atoms with Crippen molar-refractivity contribution in [1.29, 1.82) is 0 Å². The summed E-state index contributed by atoms with van der Waals surface area (Å²) < 4.78 is 12.9. The summed E-state index contributed by atoms with van der Waals surface area (Å²) >= 11 is 0. The zero-order chi connectivity index (χ0) is 9.84. The second-order valence-electron chi connectivity index (χ2n) is 2.35. The van der Waals surface area contributed by atoms with Gasteiger partial charge in [-0.2, -0.15) is 0 Å². The summed E-state index contributed by atoms with van der Waals surface area (Å²) in [4.78, 5) is 12.6. The molecule has 0 aliphatic carbocycles. The van der Waals surface area contributed by atoms with E-state index in [1.165, 1.54) is 0 Å². The fraction of sp³-hybridized carbons (Fsp3) is 0.125. The number of nitrogens with zero attached hydrogens (tertiary/aromatic N) is 2. The lowest BCUT2D eigenvalue weighted by Crippen LogP contribution is -1.92. The van der Waals surface area contributed by atoms with E-state index in [1.54, 1.807) is 0 Å². The molecule has 13 heavy (non-hydrogen) atoms. The van der Waals surface area contributed by atoms with Crippen LogP contribution < -0.4 is 0 Å². The average molecular weight is 180 g/mol. The topological polar surface area (TPSA) is 47.5 Å². The van der Waals surface area contributed by atoms with E-state index in [4.69, 9.17) is 6.57 Å². The minimum Gasteiger partial charge on any atom is -0.312 e. The number of nitro groups is 1. The van der Waals surface area contributed by atoms with Crippen LogP contribution in [-0.4, -0.2) is 4.92 Å². The van der Waals surface area contributed by atoms with Crippen LogP contribution in [0.5, 0.6) is 0 Å². The normalized spacial score (nSPS) is 9.23. The van der Waals surface area contributed by atoms with Crippen LogP contribution in [0.4, 0.5) is 10.1 Å². The first kappa shape index (κ1) is 9.13. The Hall–Kier alpha value is -1.96. The maximum absolute atomic E-state index is 12.9. The smallest absolute Gasteiger partial charge is 0.270 e. The molecule has 0 unspecified atom stereocenters. The predicted octanol–water partition coefficient (Wildman–Crippen LogP) is 2.15. The van der Waals surface area contributed by atoms with Crippen molar-refractivity contribution in [3.8, 4) is 0 Å². The molecule has 0 heterocycles. The van der Waals surface area contributed by atoms with Crippen LogP contribution in [0.25, 0.3) is 4.85 Å².